The van der Waals surface area contributed by atoms with Gasteiger partial charge in [-0.05, 0) is 17.7 Å². The van der Waals surface area contributed by atoms with Gasteiger partial charge in [-0.25, -0.2) is 0 Å². The third-order valence-corrected chi connectivity index (χ3v) is 2.85. The van der Waals surface area contributed by atoms with Crippen LogP contribution in [-0.4, -0.2) is 12.1 Å². The number of ketones is 1. The zero-order valence-electron chi connectivity index (χ0n) is 8.28. The van der Waals surface area contributed by atoms with Gasteiger partial charge in [-0.3, -0.25) is 9.59 Å². The van der Waals surface area contributed by atoms with Crippen molar-refractivity contribution in [3.8, 4) is 12.1 Å². The molecular formula is C11H4Cl2N2O2. The van der Waals surface area contributed by atoms with Crippen molar-refractivity contribution in [3.05, 3.63) is 34.9 Å². The Kier molecular flexibility index (Phi) is 3.85. The molecule has 17 heavy (non-hydrogen) atoms. The Morgan fingerprint density at radius 2 is 1.82 bits per heavy atom. The lowest BCUT2D eigenvalue weighted by molar-refractivity contribution is -0.130. The molecule has 0 aliphatic carbocycles. The van der Waals surface area contributed by atoms with Crippen LogP contribution < -0.4 is 0 Å². The first-order valence-corrected chi connectivity index (χ1v) is 5.05. The zero-order valence-corrected chi connectivity index (χ0v) is 9.79. The minimum atomic E-state index is -2.04. The van der Waals surface area contributed by atoms with E-state index >= 15 is 0 Å². The summed E-state index contributed by atoms with van der Waals surface area (Å²) in [6, 6.07) is 7.42. The predicted molar refractivity (Wildman–Crippen MR) is 60.3 cm³/mol. The van der Waals surface area contributed by atoms with Gasteiger partial charge in [-0.1, -0.05) is 29.3 Å². The molecule has 0 heterocycles. The van der Waals surface area contributed by atoms with Crippen LogP contribution in [0.15, 0.2) is 18.2 Å². The second kappa shape index (κ2) is 4.97. The average molecular weight is 267 g/mol. The van der Waals surface area contributed by atoms with Gasteiger partial charge in [-0.2, -0.15) is 10.5 Å². The van der Waals surface area contributed by atoms with Crippen molar-refractivity contribution < 1.29 is 9.59 Å². The quantitative estimate of drug-likeness (QED) is 0.475. The first kappa shape index (κ1) is 13.2. The summed E-state index contributed by atoms with van der Waals surface area (Å²) < 4.78 is -2.04. The van der Waals surface area contributed by atoms with Crippen molar-refractivity contribution in [1.29, 1.82) is 10.5 Å². The molecule has 4 nitrogen and oxygen atoms in total. The molecule has 0 N–H and O–H groups in total. The molecule has 0 atom stereocenters. The van der Waals surface area contributed by atoms with Crippen molar-refractivity contribution in [1.82, 2.24) is 0 Å². The van der Waals surface area contributed by atoms with Gasteiger partial charge in [-0.15, -0.1) is 0 Å². The normalized spacial score (nSPS) is 10.1. The van der Waals surface area contributed by atoms with E-state index in [0.29, 0.717) is 0 Å². The lowest BCUT2D eigenvalue weighted by atomic mass is 10.0. The van der Waals surface area contributed by atoms with Gasteiger partial charge in [0.25, 0.3) is 0 Å². The highest BCUT2D eigenvalue weighted by Gasteiger charge is 2.35. The molecule has 0 amide bonds. The van der Waals surface area contributed by atoms with E-state index < -0.39 is 10.1 Å². The van der Waals surface area contributed by atoms with Gasteiger partial charge >= 0.3 is 0 Å². The summed E-state index contributed by atoms with van der Waals surface area (Å²) in [4.78, 5) is 21.6. The number of hydrogen-bond acceptors (Lipinski definition) is 4. The number of hydrogen-bond donors (Lipinski definition) is 0. The van der Waals surface area contributed by atoms with Gasteiger partial charge < -0.3 is 0 Å². The minimum absolute atomic E-state index is 0.00422. The van der Waals surface area contributed by atoms with Crippen LogP contribution in [0, 0.1) is 22.7 Å². The zero-order chi connectivity index (χ0) is 13.1. The number of alkyl halides is 2. The van der Waals surface area contributed by atoms with Gasteiger partial charge in [0, 0.05) is 0 Å². The number of benzene rings is 1. The fourth-order valence-electron chi connectivity index (χ4n) is 1.15. The second-order valence-corrected chi connectivity index (χ2v) is 4.37. The van der Waals surface area contributed by atoms with Crippen LogP contribution in [0.1, 0.15) is 16.7 Å². The van der Waals surface area contributed by atoms with E-state index in [4.69, 9.17) is 33.7 Å². The Labute approximate surface area is 107 Å². The first-order chi connectivity index (χ1) is 7.97. The van der Waals surface area contributed by atoms with Crippen LogP contribution in [0.25, 0.3) is 0 Å². The number of Topliss-reactive ketones (excluding diaryl/α,β-unsaturated/α-hetero) is 1. The monoisotopic (exact) mass is 266 g/mol. The largest absolute Gasteiger partial charge is 0.294 e. The molecule has 0 unspecified atom stereocenters. The molecule has 0 aromatic heterocycles. The summed E-state index contributed by atoms with van der Waals surface area (Å²) >= 11 is 11.5. The van der Waals surface area contributed by atoms with E-state index in [1.165, 1.54) is 18.2 Å². The summed E-state index contributed by atoms with van der Waals surface area (Å²) in [5, 5.41) is 17.5. The number of nitriles is 2. The van der Waals surface area contributed by atoms with Crippen molar-refractivity contribution in [2.75, 3.05) is 0 Å². The molecule has 0 aliphatic heterocycles. The van der Waals surface area contributed by atoms with Gasteiger partial charge in [0.15, 0.2) is 6.29 Å². The molecule has 0 saturated carbocycles. The van der Waals surface area contributed by atoms with Gasteiger partial charge in [0.05, 0.1) is 11.1 Å². The molecule has 0 fully saturated rings. The maximum Gasteiger partial charge on any atom is 0.235 e. The van der Waals surface area contributed by atoms with Crippen LogP contribution in [0.2, 0.25) is 0 Å². The summed E-state index contributed by atoms with van der Waals surface area (Å²) in [6.07, 6.45) is 0.00422. The number of carbonyl (C=O) groups is 2. The van der Waals surface area contributed by atoms with E-state index in [9.17, 15) is 9.59 Å². The van der Waals surface area contributed by atoms with E-state index in [-0.39, 0.29) is 23.0 Å². The third kappa shape index (κ3) is 2.45. The van der Waals surface area contributed by atoms with E-state index in [2.05, 4.69) is 0 Å². The highest BCUT2D eigenvalue weighted by Crippen LogP contribution is 2.35. The molecule has 0 radical (unpaired) electrons. The number of nitrogens with zero attached hydrogens (tertiary/aromatic N) is 2. The van der Waals surface area contributed by atoms with Crippen LogP contribution in [0.4, 0.5) is 0 Å². The molecule has 0 spiro atoms. The fraction of sp³-hybridized carbons (Fsp3) is 0.0909. The number of carbonyl (C=O) groups excluding carboxylic acids is 2. The van der Waals surface area contributed by atoms with Crippen molar-refractivity contribution in [2.45, 2.75) is 4.33 Å². The second-order valence-electron chi connectivity index (χ2n) is 3.04. The van der Waals surface area contributed by atoms with Crippen LogP contribution in [0.3, 0.4) is 0 Å². The summed E-state index contributed by atoms with van der Waals surface area (Å²) in [6.45, 7) is 0. The summed E-state index contributed by atoms with van der Waals surface area (Å²) in [5.74, 6) is -1.03. The van der Waals surface area contributed by atoms with Crippen LogP contribution >= 0.6 is 23.2 Å². The lowest BCUT2D eigenvalue weighted by Gasteiger charge is -2.15. The Hall–Kier alpha value is -1.88. The van der Waals surface area contributed by atoms with Crippen LogP contribution in [-0.2, 0) is 13.9 Å². The third-order valence-electron chi connectivity index (χ3n) is 2.04. The molecule has 1 aromatic carbocycles. The molecule has 0 saturated heterocycles. The fourth-order valence-corrected chi connectivity index (χ4v) is 1.47. The van der Waals surface area contributed by atoms with E-state index in [1.54, 1.807) is 12.1 Å². The van der Waals surface area contributed by atoms with E-state index in [0.717, 1.165) is 0 Å². The van der Waals surface area contributed by atoms with Gasteiger partial charge in [0.1, 0.15) is 12.1 Å². The van der Waals surface area contributed by atoms with Crippen molar-refractivity contribution in [3.63, 3.8) is 0 Å². The van der Waals surface area contributed by atoms with Gasteiger partial charge in [0.2, 0.25) is 10.1 Å². The molecule has 0 bridgehead atoms. The van der Waals surface area contributed by atoms with Crippen molar-refractivity contribution in [2.24, 2.45) is 0 Å². The highest BCUT2D eigenvalue weighted by molar-refractivity contribution is 6.63. The SMILES string of the molecule is N#Cc1ccc(C(Cl)(Cl)C(=O)C=O)cc1C#N. The molecule has 84 valence electrons. The summed E-state index contributed by atoms with van der Waals surface area (Å²) in [5.41, 5.74) is 0.252. The maximum atomic E-state index is 11.2. The smallest absolute Gasteiger partial charge is 0.235 e. The van der Waals surface area contributed by atoms with Crippen LogP contribution in [0.5, 0.6) is 0 Å². The topological polar surface area (TPSA) is 81.7 Å². The Balaban J connectivity index is 3.37. The van der Waals surface area contributed by atoms with E-state index in [1.807, 2.05) is 0 Å². The predicted octanol–water partition coefficient (Wildman–Crippen LogP) is 1.83. The first-order valence-electron chi connectivity index (χ1n) is 4.29. The lowest BCUT2D eigenvalue weighted by Crippen LogP contribution is -2.24. The standard InChI is InChI=1S/C11H4Cl2N2O2/c12-11(13,10(17)6-16)9-2-1-7(4-14)8(3-9)5-15/h1-3,6H. The molecule has 6 heteroatoms. The molecule has 0 aliphatic rings. The Morgan fingerprint density at radius 3 is 2.29 bits per heavy atom. The number of halogens is 2. The number of rotatable bonds is 3. The summed E-state index contributed by atoms with van der Waals surface area (Å²) in [7, 11) is 0. The Bertz CT molecular complexity index is 568. The molecule has 1 aromatic rings. The molecular weight excluding hydrogens is 263 g/mol. The maximum absolute atomic E-state index is 11.2. The minimum Gasteiger partial charge on any atom is -0.294 e. The molecule has 1 rings (SSSR count). The van der Waals surface area contributed by atoms with Crippen molar-refractivity contribution >= 4 is 35.3 Å². The number of aldehydes is 1. The Morgan fingerprint density at radius 1 is 1.24 bits per heavy atom. The average Bonchev–Trinajstić information content (AvgIpc) is 2.36. The highest BCUT2D eigenvalue weighted by atomic mass is 35.5.